The van der Waals surface area contributed by atoms with Crippen LogP contribution in [0, 0.1) is 0 Å². The molecule has 7 nitrogen and oxygen atoms in total. The van der Waals surface area contributed by atoms with Crippen LogP contribution in [0.4, 0.5) is 4.79 Å². The molecule has 0 fully saturated rings. The predicted molar refractivity (Wildman–Crippen MR) is 69.8 cm³/mol. The van der Waals surface area contributed by atoms with Gasteiger partial charge in [0, 0.05) is 26.7 Å². The molecule has 0 rings (SSSR count). The Morgan fingerprint density at radius 1 is 1.37 bits per heavy atom. The molecule has 0 bridgehead atoms. The van der Waals surface area contributed by atoms with Gasteiger partial charge in [0.25, 0.3) is 0 Å². The molecule has 1 atom stereocenters. The minimum atomic E-state index is -1.20. The van der Waals surface area contributed by atoms with Gasteiger partial charge in [0.2, 0.25) is 0 Å². The van der Waals surface area contributed by atoms with E-state index in [1.165, 1.54) is 12.0 Å². The molecule has 0 aliphatic carbocycles. The zero-order valence-corrected chi connectivity index (χ0v) is 12.2. The maximum atomic E-state index is 11.6. The second-order valence-electron chi connectivity index (χ2n) is 5.14. The minimum absolute atomic E-state index is 0.0782. The summed E-state index contributed by atoms with van der Waals surface area (Å²) in [7, 11) is 2.83. The van der Waals surface area contributed by atoms with E-state index in [-0.39, 0.29) is 6.54 Å². The molecule has 0 aromatic rings. The highest BCUT2D eigenvalue weighted by Gasteiger charge is 2.19. The lowest BCUT2D eigenvalue weighted by Crippen LogP contribution is -2.40. The van der Waals surface area contributed by atoms with Crippen molar-refractivity contribution in [1.82, 2.24) is 10.2 Å². The van der Waals surface area contributed by atoms with Crippen LogP contribution in [-0.2, 0) is 14.3 Å². The molecule has 112 valence electrons. The summed E-state index contributed by atoms with van der Waals surface area (Å²) < 4.78 is 9.54. The topological polar surface area (TPSA) is 88.1 Å². The van der Waals surface area contributed by atoms with Crippen molar-refractivity contribution in [3.63, 3.8) is 0 Å². The number of hydrogen-bond acceptors (Lipinski definition) is 6. The van der Waals surface area contributed by atoms with Crippen LogP contribution < -0.4 is 5.32 Å². The van der Waals surface area contributed by atoms with Gasteiger partial charge in [-0.1, -0.05) is 0 Å². The van der Waals surface area contributed by atoms with E-state index >= 15 is 0 Å². The maximum Gasteiger partial charge on any atom is 0.410 e. The number of carbonyl (C=O) groups excluding carboxylic acids is 2. The number of rotatable bonds is 6. The number of esters is 1. The Bertz CT molecular complexity index is 301. The van der Waals surface area contributed by atoms with Gasteiger partial charge in [0.05, 0.1) is 7.11 Å². The van der Waals surface area contributed by atoms with E-state index in [0.717, 1.165) is 0 Å². The fourth-order valence-electron chi connectivity index (χ4n) is 1.14. The van der Waals surface area contributed by atoms with Gasteiger partial charge < -0.3 is 24.8 Å². The Hall–Kier alpha value is -1.34. The molecule has 2 N–H and O–H groups in total. The summed E-state index contributed by atoms with van der Waals surface area (Å²) >= 11 is 0. The molecule has 0 aromatic heterocycles. The van der Waals surface area contributed by atoms with Crippen LogP contribution in [0.3, 0.4) is 0 Å². The van der Waals surface area contributed by atoms with E-state index < -0.39 is 23.8 Å². The van der Waals surface area contributed by atoms with E-state index in [1.54, 1.807) is 27.8 Å². The first-order valence-electron chi connectivity index (χ1n) is 6.08. The Labute approximate surface area is 113 Å². The summed E-state index contributed by atoms with van der Waals surface area (Å²) in [6, 6.07) is 0. The zero-order chi connectivity index (χ0) is 15.1. The van der Waals surface area contributed by atoms with Crippen molar-refractivity contribution in [1.29, 1.82) is 0 Å². The van der Waals surface area contributed by atoms with Crippen LogP contribution in [-0.4, -0.2) is 67.6 Å². The van der Waals surface area contributed by atoms with Gasteiger partial charge in [-0.15, -0.1) is 0 Å². The third kappa shape index (κ3) is 8.39. The Morgan fingerprint density at radius 2 is 1.95 bits per heavy atom. The van der Waals surface area contributed by atoms with Crippen LogP contribution >= 0.6 is 0 Å². The summed E-state index contributed by atoms with van der Waals surface area (Å²) in [5.74, 6) is -0.687. The van der Waals surface area contributed by atoms with E-state index in [2.05, 4.69) is 10.1 Å². The molecule has 0 aliphatic heterocycles. The molecule has 0 saturated carbocycles. The molecule has 0 unspecified atom stereocenters. The standard InChI is InChI=1S/C12H24N2O5/c1-12(2,3)19-11(17)14(4)7-6-13-8-9(15)10(16)18-5/h9,13,15H,6-8H2,1-5H3/t9-/m0/s1. The van der Waals surface area contributed by atoms with Crippen molar-refractivity contribution in [2.24, 2.45) is 0 Å². The van der Waals surface area contributed by atoms with Crippen LogP contribution in [0.1, 0.15) is 20.8 Å². The van der Waals surface area contributed by atoms with Crippen LogP contribution in [0.15, 0.2) is 0 Å². The van der Waals surface area contributed by atoms with Crippen molar-refractivity contribution >= 4 is 12.1 Å². The summed E-state index contributed by atoms with van der Waals surface area (Å²) in [5.41, 5.74) is -0.528. The fourth-order valence-corrected chi connectivity index (χ4v) is 1.14. The van der Waals surface area contributed by atoms with Crippen molar-refractivity contribution in [3.05, 3.63) is 0 Å². The number of nitrogens with one attached hydrogen (secondary N) is 1. The molecule has 0 aromatic carbocycles. The first kappa shape index (κ1) is 17.7. The number of hydrogen-bond donors (Lipinski definition) is 2. The second kappa shape index (κ2) is 7.96. The fraction of sp³-hybridized carbons (Fsp3) is 0.833. The summed E-state index contributed by atoms with van der Waals surface area (Å²) in [6.45, 7) is 6.30. The van der Waals surface area contributed by atoms with E-state index in [1.807, 2.05) is 0 Å². The summed E-state index contributed by atoms with van der Waals surface area (Å²) in [5, 5.41) is 12.2. The Morgan fingerprint density at radius 3 is 2.42 bits per heavy atom. The number of likely N-dealkylation sites (N-methyl/N-ethyl adjacent to an activating group) is 1. The van der Waals surface area contributed by atoms with E-state index in [9.17, 15) is 14.7 Å². The Kier molecular flexibility index (Phi) is 7.40. The molecule has 0 heterocycles. The molecule has 0 saturated heterocycles. The number of carbonyl (C=O) groups is 2. The quantitative estimate of drug-likeness (QED) is 0.523. The van der Waals surface area contributed by atoms with Crippen molar-refractivity contribution in [3.8, 4) is 0 Å². The SMILES string of the molecule is COC(=O)[C@@H](O)CNCCN(C)C(=O)OC(C)(C)C. The van der Waals surface area contributed by atoms with Gasteiger partial charge in [-0.25, -0.2) is 9.59 Å². The highest BCUT2D eigenvalue weighted by molar-refractivity contribution is 5.74. The number of nitrogens with zero attached hydrogens (tertiary/aromatic N) is 1. The first-order chi connectivity index (χ1) is 8.67. The van der Waals surface area contributed by atoms with Gasteiger partial charge in [0.15, 0.2) is 6.10 Å². The smallest absolute Gasteiger partial charge is 0.410 e. The lowest BCUT2D eigenvalue weighted by Gasteiger charge is -2.24. The van der Waals surface area contributed by atoms with Crippen molar-refractivity contribution in [2.45, 2.75) is 32.5 Å². The second-order valence-corrected chi connectivity index (χ2v) is 5.14. The molecule has 0 spiro atoms. The molecular formula is C12H24N2O5. The molecule has 1 amide bonds. The van der Waals surface area contributed by atoms with E-state index in [0.29, 0.717) is 13.1 Å². The minimum Gasteiger partial charge on any atom is -0.467 e. The third-order valence-corrected chi connectivity index (χ3v) is 2.14. The number of aliphatic hydroxyl groups is 1. The van der Waals surface area contributed by atoms with Crippen molar-refractivity contribution < 1.29 is 24.2 Å². The summed E-state index contributed by atoms with van der Waals surface area (Å²) in [6.07, 6.45) is -1.61. The first-order valence-corrected chi connectivity index (χ1v) is 6.08. The molecule has 0 radical (unpaired) electrons. The molecule has 7 heteroatoms. The van der Waals surface area contributed by atoms with Gasteiger partial charge in [-0.05, 0) is 20.8 Å². The zero-order valence-electron chi connectivity index (χ0n) is 12.2. The Balaban J connectivity index is 3.83. The normalized spacial score (nSPS) is 12.7. The van der Waals surface area contributed by atoms with Crippen LogP contribution in [0.5, 0.6) is 0 Å². The van der Waals surface area contributed by atoms with Gasteiger partial charge in [-0.3, -0.25) is 0 Å². The molecule has 0 aliphatic rings. The number of methoxy groups -OCH3 is 1. The number of aliphatic hydroxyl groups excluding tert-OH is 1. The lowest BCUT2D eigenvalue weighted by molar-refractivity contribution is -0.150. The third-order valence-electron chi connectivity index (χ3n) is 2.14. The van der Waals surface area contributed by atoms with Gasteiger partial charge in [0.1, 0.15) is 5.60 Å². The van der Waals surface area contributed by atoms with Crippen LogP contribution in [0.2, 0.25) is 0 Å². The average molecular weight is 276 g/mol. The molecular weight excluding hydrogens is 252 g/mol. The maximum absolute atomic E-state index is 11.6. The highest BCUT2D eigenvalue weighted by Crippen LogP contribution is 2.08. The average Bonchev–Trinajstić information content (AvgIpc) is 2.30. The monoisotopic (exact) mass is 276 g/mol. The van der Waals surface area contributed by atoms with Crippen LogP contribution in [0.25, 0.3) is 0 Å². The largest absolute Gasteiger partial charge is 0.467 e. The van der Waals surface area contributed by atoms with Crippen molar-refractivity contribution in [2.75, 3.05) is 33.8 Å². The number of amides is 1. The lowest BCUT2D eigenvalue weighted by atomic mass is 10.2. The predicted octanol–water partition coefficient (Wildman–Crippen LogP) is -0.0232. The number of ether oxygens (including phenoxy) is 2. The molecule has 19 heavy (non-hydrogen) atoms. The van der Waals surface area contributed by atoms with Gasteiger partial charge in [-0.2, -0.15) is 0 Å². The highest BCUT2D eigenvalue weighted by atomic mass is 16.6. The summed E-state index contributed by atoms with van der Waals surface area (Å²) in [4.78, 5) is 23.9. The van der Waals surface area contributed by atoms with Gasteiger partial charge >= 0.3 is 12.1 Å². The van der Waals surface area contributed by atoms with E-state index in [4.69, 9.17) is 4.74 Å².